The summed E-state index contributed by atoms with van der Waals surface area (Å²) < 4.78 is 4.88. The standard InChI is InChI=1S/C24H32O6/c1-13-9-16-17-6-8-24(29,20(28)12-30-14(2)25)23(17,4)11-19(27)21(16)22(3)7-5-15(26)10-18(13)22/h10,13,16-17,21,29H,5-9,11-12H2,1-4H3/t13-,16-,17+,21+,22-,23-,24-/m0/s1. The van der Waals surface area contributed by atoms with Crippen LogP contribution in [0.2, 0.25) is 0 Å². The fourth-order valence-electron chi connectivity index (χ4n) is 7.57. The van der Waals surface area contributed by atoms with Crippen LogP contribution in [0.3, 0.4) is 0 Å². The number of carbonyl (C=O) groups is 4. The molecule has 4 aliphatic rings. The number of fused-ring (bicyclic) bond motifs is 5. The van der Waals surface area contributed by atoms with Crippen molar-refractivity contribution in [3.05, 3.63) is 11.6 Å². The molecule has 1 N–H and O–H groups in total. The maximum atomic E-state index is 13.6. The maximum Gasteiger partial charge on any atom is 0.303 e. The first kappa shape index (κ1) is 21.4. The molecule has 0 aromatic carbocycles. The van der Waals surface area contributed by atoms with Crippen LogP contribution in [0.15, 0.2) is 11.6 Å². The number of allylic oxidation sites excluding steroid dienone is 1. The van der Waals surface area contributed by atoms with Crippen LogP contribution in [0, 0.1) is 34.5 Å². The van der Waals surface area contributed by atoms with E-state index in [1.807, 2.05) is 6.92 Å². The van der Waals surface area contributed by atoms with Gasteiger partial charge in [0.15, 0.2) is 12.4 Å². The number of hydrogen-bond donors (Lipinski definition) is 1. The highest BCUT2D eigenvalue weighted by Crippen LogP contribution is 2.67. The molecule has 0 spiro atoms. The Hall–Kier alpha value is -1.82. The zero-order chi connectivity index (χ0) is 22.1. The third-order valence-electron chi connectivity index (χ3n) is 8.99. The minimum absolute atomic E-state index is 0.0462. The summed E-state index contributed by atoms with van der Waals surface area (Å²) >= 11 is 0. The van der Waals surface area contributed by atoms with E-state index >= 15 is 0 Å². The molecule has 0 radical (unpaired) electrons. The number of ketones is 3. The number of rotatable bonds is 3. The van der Waals surface area contributed by atoms with Gasteiger partial charge in [-0.05, 0) is 54.9 Å². The van der Waals surface area contributed by atoms with Gasteiger partial charge in [-0.15, -0.1) is 0 Å². The zero-order valence-electron chi connectivity index (χ0n) is 18.3. The largest absolute Gasteiger partial charge is 0.458 e. The minimum atomic E-state index is -1.66. The minimum Gasteiger partial charge on any atom is -0.458 e. The molecule has 4 aliphatic carbocycles. The maximum absolute atomic E-state index is 13.6. The van der Waals surface area contributed by atoms with Gasteiger partial charge >= 0.3 is 5.97 Å². The lowest BCUT2D eigenvalue weighted by Crippen LogP contribution is -2.61. The normalized spacial score (nSPS) is 45.2. The molecule has 0 heterocycles. The molecule has 6 nitrogen and oxygen atoms in total. The van der Waals surface area contributed by atoms with E-state index in [1.165, 1.54) is 6.92 Å². The Morgan fingerprint density at radius 1 is 1.23 bits per heavy atom. The molecule has 3 saturated carbocycles. The van der Waals surface area contributed by atoms with Crippen molar-refractivity contribution in [2.75, 3.05) is 6.61 Å². The Labute approximate surface area is 177 Å². The average molecular weight is 417 g/mol. The lowest BCUT2D eigenvalue weighted by atomic mass is 9.44. The summed E-state index contributed by atoms with van der Waals surface area (Å²) in [4.78, 5) is 49.7. The van der Waals surface area contributed by atoms with Gasteiger partial charge in [-0.2, -0.15) is 0 Å². The summed E-state index contributed by atoms with van der Waals surface area (Å²) in [6, 6.07) is 0. The summed E-state index contributed by atoms with van der Waals surface area (Å²) in [6.45, 7) is 6.90. The second-order valence-electron chi connectivity index (χ2n) is 10.5. The molecule has 0 unspecified atom stereocenters. The summed E-state index contributed by atoms with van der Waals surface area (Å²) in [7, 11) is 0. The number of aliphatic hydroxyl groups is 1. The molecular weight excluding hydrogens is 384 g/mol. The van der Waals surface area contributed by atoms with E-state index in [4.69, 9.17) is 4.74 Å². The van der Waals surface area contributed by atoms with Gasteiger partial charge in [-0.3, -0.25) is 19.2 Å². The van der Waals surface area contributed by atoms with Crippen LogP contribution in [0.4, 0.5) is 0 Å². The van der Waals surface area contributed by atoms with E-state index in [9.17, 15) is 24.3 Å². The first-order chi connectivity index (χ1) is 13.9. The van der Waals surface area contributed by atoms with Crippen molar-refractivity contribution in [2.45, 2.75) is 71.8 Å². The first-order valence-electron chi connectivity index (χ1n) is 11.1. The number of carbonyl (C=O) groups excluding carboxylic acids is 4. The molecule has 0 bridgehead atoms. The molecule has 0 aromatic heterocycles. The van der Waals surface area contributed by atoms with Crippen LogP contribution in [-0.4, -0.2) is 40.6 Å². The predicted molar refractivity (Wildman–Crippen MR) is 108 cm³/mol. The van der Waals surface area contributed by atoms with Crippen molar-refractivity contribution < 1.29 is 29.0 Å². The van der Waals surface area contributed by atoms with E-state index in [2.05, 4.69) is 13.8 Å². The summed E-state index contributed by atoms with van der Waals surface area (Å²) in [5, 5.41) is 11.5. The fraction of sp³-hybridized carbons (Fsp3) is 0.750. The Kier molecular flexibility index (Phi) is 4.88. The van der Waals surface area contributed by atoms with Gasteiger partial charge < -0.3 is 9.84 Å². The Morgan fingerprint density at radius 2 is 1.93 bits per heavy atom. The molecule has 7 atom stereocenters. The molecule has 164 valence electrons. The molecule has 6 heteroatoms. The molecule has 4 rings (SSSR count). The summed E-state index contributed by atoms with van der Waals surface area (Å²) in [5.74, 6) is -0.680. The van der Waals surface area contributed by atoms with Gasteiger partial charge in [-0.25, -0.2) is 0 Å². The average Bonchev–Trinajstić information content (AvgIpc) is 2.93. The van der Waals surface area contributed by atoms with Crippen molar-refractivity contribution in [2.24, 2.45) is 34.5 Å². The number of ether oxygens (including phenoxy) is 1. The second-order valence-corrected chi connectivity index (χ2v) is 10.5. The Balaban J connectivity index is 1.70. The van der Waals surface area contributed by atoms with Crippen LogP contribution in [0.5, 0.6) is 0 Å². The van der Waals surface area contributed by atoms with Gasteiger partial charge in [0.05, 0.1) is 0 Å². The Bertz CT molecular complexity index is 858. The van der Waals surface area contributed by atoms with Crippen LogP contribution in [0.25, 0.3) is 0 Å². The number of Topliss-reactive ketones (excluding diaryl/α,β-unsaturated/α-hetero) is 2. The van der Waals surface area contributed by atoms with Crippen molar-refractivity contribution >= 4 is 23.3 Å². The third-order valence-corrected chi connectivity index (χ3v) is 8.99. The van der Waals surface area contributed by atoms with Crippen LogP contribution < -0.4 is 0 Å². The van der Waals surface area contributed by atoms with E-state index in [0.717, 1.165) is 12.0 Å². The smallest absolute Gasteiger partial charge is 0.303 e. The van der Waals surface area contributed by atoms with Crippen molar-refractivity contribution in [1.29, 1.82) is 0 Å². The van der Waals surface area contributed by atoms with Crippen molar-refractivity contribution in [3.63, 3.8) is 0 Å². The fourth-order valence-corrected chi connectivity index (χ4v) is 7.57. The third kappa shape index (κ3) is 2.79. The van der Waals surface area contributed by atoms with Gasteiger partial charge in [0.25, 0.3) is 0 Å². The molecule has 0 saturated heterocycles. The molecule has 30 heavy (non-hydrogen) atoms. The van der Waals surface area contributed by atoms with Gasteiger partial charge in [0.1, 0.15) is 11.4 Å². The van der Waals surface area contributed by atoms with Crippen molar-refractivity contribution in [3.8, 4) is 0 Å². The van der Waals surface area contributed by atoms with E-state index in [0.29, 0.717) is 19.3 Å². The van der Waals surface area contributed by atoms with Gasteiger partial charge in [0.2, 0.25) is 5.78 Å². The van der Waals surface area contributed by atoms with Crippen LogP contribution in [0.1, 0.15) is 66.2 Å². The van der Waals surface area contributed by atoms with E-state index in [1.54, 1.807) is 6.08 Å². The number of esters is 1. The number of hydrogen-bond acceptors (Lipinski definition) is 6. The van der Waals surface area contributed by atoms with E-state index in [-0.39, 0.29) is 53.5 Å². The van der Waals surface area contributed by atoms with Crippen molar-refractivity contribution in [1.82, 2.24) is 0 Å². The van der Waals surface area contributed by atoms with E-state index < -0.39 is 29.4 Å². The monoisotopic (exact) mass is 416 g/mol. The SMILES string of the molecule is CC(=O)OCC(=O)[C@@]1(O)CC[C@@H]2[C@@H]3C[C@H](C)C4=CC(=O)CC[C@]4(C)[C@H]3C(=O)C[C@@]21C. The lowest BCUT2D eigenvalue weighted by Gasteiger charge is -2.59. The van der Waals surface area contributed by atoms with Crippen LogP contribution >= 0.6 is 0 Å². The highest BCUT2D eigenvalue weighted by atomic mass is 16.5. The highest BCUT2D eigenvalue weighted by molar-refractivity contribution is 5.95. The quantitative estimate of drug-likeness (QED) is 0.711. The first-order valence-corrected chi connectivity index (χ1v) is 11.1. The molecule has 3 fully saturated rings. The molecular formula is C24H32O6. The molecule has 0 amide bonds. The lowest BCUT2D eigenvalue weighted by molar-refractivity contribution is -0.174. The van der Waals surface area contributed by atoms with Gasteiger partial charge in [0, 0.05) is 31.1 Å². The topological polar surface area (TPSA) is 97.7 Å². The Morgan fingerprint density at radius 3 is 2.60 bits per heavy atom. The highest BCUT2D eigenvalue weighted by Gasteiger charge is 2.69. The molecule has 0 aliphatic heterocycles. The summed E-state index contributed by atoms with van der Waals surface area (Å²) in [5.41, 5.74) is -1.73. The van der Waals surface area contributed by atoms with Crippen LogP contribution in [-0.2, 0) is 23.9 Å². The predicted octanol–water partition coefficient (Wildman–Crippen LogP) is 2.81. The molecule has 0 aromatic rings. The van der Waals surface area contributed by atoms with Gasteiger partial charge in [-0.1, -0.05) is 26.3 Å². The summed E-state index contributed by atoms with van der Waals surface area (Å²) in [6.07, 6.45) is 4.83. The second kappa shape index (κ2) is 6.84. The zero-order valence-corrected chi connectivity index (χ0v) is 18.3.